The maximum Gasteiger partial charge on any atom is 0.0692 e. The molecular weight excluding hydrogens is 198 g/mol. The second-order valence-corrected chi connectivity index (χ2v) is 4.11. The van der Waals surface area contributed by atoms with Crippen molar-refractivity contribution in [1.29, 1.82) is 0 Å². The molecule has 1 aromatic heterocycles. The number of hydrogen-bond donors (Lipinski definition) is 0. The largest absolute Gasteiger partial charge is 0.253 e. The van der Waals surface area contributed by atoms with Crippen LogP contribution in [0.4, 0.5) is 0 Å². The standard InChI is InChI=1S/C13H17N3/c1-12-5-7-13(8-6-12)4-2-3-10-16-11-9-14-15-16/h5-9,11H,2-4,10H2,1H3. The van der Waals surface area contributed by atoms with Crippen LogP contribution in [0.3, 0.4) is 0 Å². The van der Waals surface area contributed by atoms with E-state index in [1.165, 1.54) is 17.5 Å². The molecule has 0 atom stereocenters. The van der Waals surface area contributed by atoms with E-state index in [1.54, 1.807) is 6.20 Å². The second kappa shape index (κ2) is 5.45. The maximum absolute atomic E-state index is 3.94. The highest BCUT2D eigenvalue weighted by Crippen LogP contribution is 2.07. The fourth-order valence-electron chi connectivity index (χ4n) is 1.71. The third kappa shape index (κ3) is 3.19. The van der Waals surface area contributed by atoms with Gasteiger partial charge < -0.3 is 0 Å². The average Bonchev–Trinajstić information content (AvgIpc) is 2.80. The van der Waals surface area contributed by atoms with Gasteiger partial charge in [-0.1, -0.05) is 35.0 Å². The molecule has 0 saturated heterocycles. The van der Waals surface area contributed by atoms with Gasteiger partial charge in [-0.25, -0.2) is 0 Å². The van der Waals surface area contributed by atoms with Gasteiger partial charge >= 0.3 is 0 Å². The lowest BCUT2D eigenvalue weighted by atomic mass is 10.1. The highest BCUT2D eigenvalue weighted by molar-refractivity contribution is 5.21. The third-order valence-corrected chi connectivity index (χ3v) is 2.70. The van der Waals surface area contributed by atoms with Gasteiger partial charge in [-0.2, -0.15) is 0 Å². The predicted molar refractivity (Wildman–Crippen MR) is 64.1 cm³/mol. The summed E-state index contributed by atoms with van der Waals surface area (Å²) in [6, 6.07) is 8.77. The number of aromatic nitrogens is 3. The highest BCUT2D eigenvalue weighted by Gasteiger charge is 1.95. The smallest absolute Gasteiger partial charge is 0.0692 e. The molecule has 1 aromatic carbocycles. The van der Waals surface area contributed by atoms with E-state index in [9.17, 15) is 0 Å². The quantitative estimate of drug-likeness (QED) is 0.718. The van der Waals surface area contributed by atoms with E-state index in [0.29, 0.717) is 0 Å². The summed E-state index contributed by atoms with van der Waals surface area (Å²) in [5, 5.41) is 7.72. The first-order chi connectivity index (χ1) is 7.84. The van der Waals surface area contributed by atoms with E-state index in [4.69, 9.17) is 0 Å². The molecule has 1 heterocycles. The van der Waals surface area contributed by atoms with E-state index in [-0.39, 0.29) is 0 Å². The van der Waals surface area contributed by atoms with Gasteiger partial charge in [0.1, 0.15) is 0 Å². The molecule has 0 radical (unpaired) electrons. The van der Waals surface area contributed by atoms with Gasteiger partial charge in [0.25, 0.3) is 0 Å². The fourth-order valence-corrected chi connectivity index (χ4v) is 1.71. The minimum Gasteiger partial charge on any atom is -0.253 e. The van der Waals surface area contributed by atoms with Gasteiger partial charge in [0.15, 0.2) is 0 Å². The molecule has 0 aliphatic carbocycles. The molecule has 0 bridgehead atoms. The Morgan fingerprint density at radius 3 is 2.62 bits per heavy atom. The summed E-state index contributed by atoms with van der Waals surface area (Å²) in [4.78, 5) is 0. The highest BCUT2D eigenvalue weighted by atomic mass is 15.4. The third-order valence-electron chi connectivity index (χ3n) is 2.70. The van der Waals surface area contributed by atoms with Crippen molar-refractivity contribution in [2.45, 2.75) is 32.7 Å². The Morgan fingerprint density at radius 1 is 1.12 bits per heavy atom. The monoisotopic (exact) mass is 215 g/mol. The van der Waals surface area contributed by atoms with Crippen LogP contribution in [0.25, 0.3) is 0 Å². The molecule has 0 aliphatic rings. The summed E-state index contributed by atoms with van der Waals surface area (Å²) < 4.78 is 1.88. The van der Waals surface area contributed by atoms with Crippen LogP contribution in [0.2, 0.25) is 0 Å². The summed E-state index contributed by atoms with van der Waals surface area (Å²) in [5.41, 5.74) is 2.75. The Bertz CT molecular complexity index is 403. The van der Waals surface area contributed by atoms with Gasteiger partial charge in [0, 0.05) is 12.7 Å². The molecule has 3 nitrogen and oxygen atoms in total. The molecule has 16 heavy (non-hydrogen) atoms. The lowest BCUT2D eigenvalue weighted by Gasteiger charge is -2.02. The van der Waals surface area contributed by atoms with Crippen LogP contribution >= 0.6 is 0 Å². The van der Waals surface area contributed by atoms with E-state index in [0.717, 1.165) is 19.4 Å². The molecule has 0 fully saturated rings. The van der Waals surface area contributed by atoms with Crippen molar-refractivity contribution in [3.8, 4) is 0 Å². The molecule has 0 amide bonds. The van der Waals surface area contributed by atoms with Crippen molar-refractivity contribution in [3.05, 3.63) is 47.8 Å². The van der Waals surface area contributed by atoms with Crippen molar-refractivity contribution >= 4 is 0 Å². The molecule has 0 N–H and O–H groups in total. The van der Waals surface area contributed by atoms with Crippen molar-refractivity contribution in [1.82, 2.24) is 15.0 Å². The lowest BCUT2D eigenvalue weighted by molar-refractivity contribution is 0.541. The molecule has 0 aliphatic heterocycles. The molecule has 0 spiro atoms. The molecule has 2 rings (SSSR count). The van der Waals surface area contributed by atoms with Crippen molar-refractivity contribution in [2.24, 2.45) is 0 Å². The first-order valence-electron chi connectivity index (χ1n) is 5.74. The van der Waals surface area contributed by atoms with Crippen LogP contribution in [0.15, 0.2) is 36.7 Å². The van der Waals surface area contributed by atoms with Gasteiger partial charge in [-0.15, -0.1) is 5.10 Å². The summed E-state index contributed by atoms with van der Waals surface area (Å²) in [6.07, 6.45) is 7.13. The Labute approximate surface area is 96.1 Å². The molecule has 0 saturated carbocycles. The Kier molecular flexibility index (Phi) is 3.70. The van der Waals surface area contributed by atoms with Crippen molar-refractivity contribution in [3.63, 3.8) is 0 Å². The zero-order chi connectivity index (χ0) is 11.2. The molecule has 2 aromatic rings. The Balaban J connectivity index is 1.70. The molecule has 0 unspecified atom stereocenters. The number of aryl methyl sites for hydroxylation is 3. The normalized spacial score (nSPS) is 10.6. The average molecular weight is 215 g/mol. The van der Waals surface area contributed by atoms with Gasteiger partial charge in [0.05, 0.1) is 6.20 Å². The number of nitrogens with zero attached hydrogens (tertiary/aromatic N) is 3. The van der Waals surface area contributed by atoms with E-state index in [2.05, 4.69) is 41.5 Å². The van der Waals surface area contributed by atoms with Crippen LogP contribution in [-0.4, -0.2) is 15.0 Å². The van der Waals surface area contributed by atoms with Crippen LogP contribution in [0, 0.1) is 6.92 Å². The topological polar surface area (TPSA) is 30.7 Å². The second-order valence-electron chi connectivity index (χ2n) is 4.11. The predicted octanol–water partition coefficient (Wildman–Crippen LogP) is 2.61. The summed E-state index contributed by atoms with van der Waals surface area (Å²) >= 11 is 0. The zero-order valence-electron chi connectivity index (χ0n) is 9.63. The van der Waals surface area contributed by atoms with E-state index < -0.39 is 0 Å². The van der Waals surface area contributed by atoms with Gasteiger partial charge in [0.2, 0.25) is 0 Å². The van der Waals surface area contributed by atoms with Gasteiger partial charge in [-0.05, 0) is 31.7 Å². The van der Waals surface area contributed by atoms with E-state index in [1.807, 2.05) is 10.9 Å². The number of hydrogen-bond acceptors (Lipinski definition) is 2. The van der Waals surface area contributed by atoms with Crippen LogP contribution < -0.4 is 0 Å². The molecular formula is C13H17N3. The van der Waals surface area contributed by atoms with E-state index >= 15 is 0 Å². The minimum absolute atomic E-state index is 0.964. The summed E-state index contributed by atoms with van der Waals surface area (Å²) in [5.74, 6) is 0. The van der Waals surface area contributed by atoms with Crippen molar-refractivity contribution in [2.75, 3.05) is 0 Å². The maximum atomic E-state index is 3.94. The first-order valence-corrected chi connectivity index (χ1v) is 5.74. The van der Waals surface area contributed by atoms with Crippen LogP contribution in [-0.2, 0) is 13.0 Å². The fraction of sp³-hybridized carbons (Fsp3) is 0.385. The molecule has 84 valence electrons. The zero-order valence-corrected chi connectivity index (χ0v) is 9.63. The Hall–Kier alpha value is -1.64. The van der Waals surface area contributed by atoms with Gasteiger partial charge in [-0.3, -0.25) is 4.68 Å². The minimum atomic E-state index is 0.964. The number of rotatable bonds is 5. The van der Waals surface area contributed by atoms with Crippen LogP contribution in [0.5, 0.6) is 0 Å². The number of unbranched alkanes of at least 4 members (excludes halogenated alkanes) is 1. The SMILES string of the molecule is Cc1ccc(CCCCn2ccnn2)cc1. The first kappa shape index (κ1) is 10.9. The molecule has 3 heteroatoms. The van der Waals surface area contributed by atoms with Crippen molar-refractivity contribution < 1.29 is 0 Å². The van der Waals surface area contributed by atoms with Crippen LogP contribution in [0.1, 0.15) is 24.0 Å². The Morgan fingerprint density at radius 2 is 1.94 bits per heavy atom. The lowest BCUT2D eigenvalue weighted by Crippen LogP contribution is -1.99. The summed E-state index contributed by atoms with van der Waals surface area (Å²) in [6.45, 7) is 3.08. The number of benzene rings is 1. The summed E-state index contributed by atoms with van der Waals surface area (Å²) in [7, 11) is 0.